The number of carbonyl (C=O) groups is 2. The van der Waals surface area contributed by atoms with Gasteiger partial charge in [0.1, 0.15) is 11.5 Å². The van der Waals surface area contributed by atoms with Crippen LogP contribution in [0.3, 0.4) is 0 Å². The van der Waals surface area contributed by atoms with Gasteiger partial charge in [0.2, 0.25) is 11.8 Å². The summed E-state index contributed by atoms with van der Waals surface area (Å²) < 4.78 is 10.4. The van der Waals surface area contributed by atoms with Crippen molar-refractivity contribution in [3.63, 3.8) is 0 Å². The molecule has 0 aromatic heterocycles. The van der Waals surface area contributed by atoms with Gasteiger partial charge in [0.05, 0.1) is 20.8 Å². The van der Waals surface area contributed by atoms with E-state index < -0.39 is 0 Å². The summed E-state index contributed by atoms with van der Waals surface area (Å²) in [7, 11) is 3.12. The van der Waals surface area contributed by atoms with Crippen LogP contribution in [0.2, 0.25) is 0 Å². The van der Waals surface area contributed by atoms with Crippen LogP contribution in [0.25, 0.3) is 6.08 Å². The first-order chi connectivity index (χ1) is 13.1. The summed E-state index contributed by atoms with van der Waals surface area (Å²) in [6, 6.07) is 15.2. The second-order valence-corrected chi connectivity index (χ2v) is 5.78. The van der Waals surface area contributed by atoms with Crippen LogP contribution in [0.4, 0.5) is 0 Å². The Balaban J connectivity index is 1.75. The van der Waals surface area contributed by atoms with Gasteiger partial charge in [-0.2, -0.15) is 0 Å². The van der Waals surface area contributed by atoms with Gasteiger partial charge in [-0.05, 0) is 35.8 Å². The molecule has 0 bridgehead atoms. The Hall–Kier alpha value is -3.28. The third kappa shape index (κ3) is 7.23. The molecule has 142 valence electrons. The maximum absolute atomic E-state index is 11.9. The molecule has 6 nitrogen and oxygen atoms in total. The van der Waals surface area contributed by atoms with E-state index in [1.807, 2.05) is 30.3 Å². The summed E-state index contributed by atoms with van der Waals surface area (Å²) in [5.41, 5.74) is 1.91. The topological polar surface area (TPSA) is 76.7 Å². The van der Waals surface area contributed by atoms with Crippen molar-refractivity contribution in [2.45, 2.75) is 6.42 Å². The number of hydrogen-bond donors (Lipinski definition) is 2. The van der Waals surface area contributed by atoms with E-state index in [9.17, 15) is 9.59 Å². The standard InChI is InChI=1S/C21H24N2O4/c1-26-18-12-17(13-19(14-18)27-2)8-9-20(24)23-15-21(25)22-11-10-16-6-4-3-5-7-16/h3-9,12-14H,10-11,15H2,1-2H3,(H,22,25)(H,23,24)/b9-8+. The molecule has 0 unspecified atom stereocenters. The molecule has 0 aliphatic carbocycles. The number of carbonyl (C=O) groups excluding carboxylic acids is 2. The third-order valence-corrected chi connectivity index (χ3v) is 3.80. The first-order valence-corrected chi connectivity index (χ1v) is 8.60. The van der Waals surface area contributed by atoms with E-state index in [1.165, 1.54) is 6.08 Å². The minimum atomic E-state index is -0.352. The molecular formula is C21H24N2O4. The highest BCUT2D eigenvalue weighted by Crippen LogP contribution is 2.23. The molecule has 2 rings (SSSR count). The molecule has 0 aliphatic rings. The monoisotopic (exact) mass is 368 g/mol. The fourth-order valence-corrected chi connectivity index (χ4v) is 2.38. The molecule has 2 aromatic rings. The predicted octanol–water partition coefficient (Wildman–Crippen LogP) is 2.19. The van der Waals surface area contributed by atoms with Crippen molar-refractivity contribution >= 4 is 17.9 Å². The van der Waals surface area contributed by atoms with Crippen LogP contribution in [0.15, 0.2) is 54.6 Å². The SMILES string of the molecule is COc1cc(/C=C/C(=O)NCC(=O)NCCc2ccccc2)cc(OC)c1. The second-order valence-electron chi connectivity index (χ2n) is 5.78. The second kappa shape index (κ2) is 10.7. The Morgan fingerprint density at radius 1 is 0.963 bits per heavy atom. The highest BCUT2D eigenvalue weighted by molar-refractivity contribution is 5.94. The molecule has 27 heavy (non-hydrogen) atoms. The largest absolute Gasteiger partial charge is 0.497 e. The molecule has 0 radical (unpaired) electrons. The van der Waals surface area contributed by atoms with Gasteiger partial charge in [0.25, 0.3) is 0 Å². The summed E-state index contributed by atoms with van der Waals surface area (Å²) in [5, 5.41) is 5.34. The Kier molecular flexibility index (Phi) is 7.91. The molecule has 0 saturated carbocycles. The molecule has 2 amide bonds. The Morgan fingerprint density at radius 3 is 2.26 bits per heavy atom. The summed E-state index contributed by atoms with van der Waals surface area (Å²) in [4.78, 5) is 23.7. The number of hydrogen-bond acceptors (Lipinski definition) is 4. The zero-order chi connectivity index (χ0) is 19.5. The summed E-state index contributed by atoms with van der Waals surface area (Å²) in [6.45, 7) is 0.456. The van der Waals surface area contributed by atoms with E-state index in [0.717, 1.165) is 17.5 Å². The van der Waals surface area contributed by atoms with Gasteiger partial charge < -0.3 is 20.1 Å². The van der Waals surface area contributed by atoms with Crippen LogP contribution in [-0.2, 0) is 16.0 Å². The maximum atomic E-state index is 11.9. The first kappa shape index (κ1) is 20.0. The minimum absolute atomic E-state index is 0.0700. The number of amides is 2. The van der Waals surface area contributed by atoms with Crippen molar-refractivity contribution in [2.75, 3.05) is 27.3 Å². The van der Waals surface area contributed by atoms with E-state index in [2.05, 4.69) is 10.6 Å². The molecule has 6 heteroatoms. The van der Waals surface area contributed by atoms with Gasteiger partial charge in [0.15, 0.2) is 0 Å². The molecule has 0 spiro atoms. The predicted molar refractivity (Wildman–Crippen MR) is 105 cm³/mol. The number of methoxy groups -OCH3 is 2. The molecular weight excluding hydrogens is 344 g/mol. The zero-order valence-electron chi connectivity index (χ0n) is 15.5. The van der Waals surface area contributed by atoms with Crippen molar-refractivity contribution in [3.8, 4) is 11.5 Å². The average Bonchev–Trinajstić information content (AvgIpc) is 2.71. The highest BCUT2D eigenvalue weighted by Gasteiger charge is 2.04. The van der Waals surface area contributed by atoms with Crippen LogP contribution >= 0.6 is 0 Å². The summed E-state index contributed by atoms with van der Waals surface area (Å²) in [6.07, 6.45) is 3.75. The lowest BCUT2D eigenvalue weighted by Crippen LogP contribution is -2.37. The quantitative estimate of drug-likeness (QED) is 0.665. The van der Waals surface area contributed by atoms with Crippen molar-refractivity contribution in [2.24, 2.45) is 0 Å². The molecule has 0 fully saturated rings. The van der Waals surface area contributed by atoms with Crippen molar-refractivity contribution in [1.29, 1.82) is 0 Å². The molecule has 2 aromatic carbocycles. The normalized spacial score (nSPS) is 10.4. The van der Waals surface area contributed by atoms with E-state index in [1.54, 1.807) is 38.5 Å². The van der Waals surface area contributed by atoms with Crippen LogP contribution in [0.1, 0.15) is 11.1 Å². The lowest BCUT2D eigenvalue weighted by molar-refractivity contribution is -0.123. The van der Waals surface area contributed by atoms with Crippen LogP contribution in [-0.4, -0.2) is 39.1 Å². The number of ether oxygens (including phenoxy) is 2. The van der Waals surface area contributed by atoms with E-state index in [4.69, 9.17) is 9.47 Å². The number of rotatable bonds is 9. The van der Waals surface area contributed by atoms with Gasteiger partial charge in [-0.3, -0.25) is 9.59 Å². The lowest BCUT2D eigenvalue weighted by Gasteiger charge is -2.06. The van der Waals surface area contributed by atoms with Crippen molar-refractivity contribution in [3.05, 3.63) is 65.7 Å². The van der Waals surface area contributed by atoms with Crippen molar-refractivity contribution < 1.29 is 19.1 Å². The third-order valence-electron chi connectivity index (χ3n) is 3.80. The van der Waals surface area contributed by atoms with Crippen molar-refractivity contribution in [1.82, 2.24) is 10.6 Å². The molecule has 0 saturated heterocycles. The Labute approximate surface area is 159 Å². The number of benzene rings is 2. The first-order valence-electron chi connectivity index (χ1n) is 8.60. The molecule has 0 atom stereocenters. The zero-order valence-corrected chi connectivity index (χ0v) is 15.5. The maximum Gasteiger partial charge on any atom is 0.244 e. The smallest absolute Gasteiger partial charge is 0.244 e. The average molecular weight is 368 g/mol. The van der Waals surface area contributed by atoms with Gasteiger partial charge in [0, 0.05) is 18.7 Å². The van der Waals surface area contributed by atoms with Gasteiger partial charge in [-0.15, -0.1) is 0 Å². The highest BCUT2D eigenvalue weighted by atomic mass is 16.5. The van der Waals surface area contributed by atoms with E-state index >= 15 is 0 Å². The Morgan fingerprint density at radius 2 is 1.63 bits per heavy atom. The molecule has 2 N–H and O–H groups in total. The molecule has 0 aliphatic heterocycles. The van der Waals surface area contributed by atoms with E-state index in [0.29, 0.717) is 18.0 Å². The van der Waals surface area contributed by atoms with Gasteiger partial charge in [-0.1, -0.05) is 30.3 Å². The van der Waals surface area contributed by atoms with Crippen LogP contribution < -0.4 is 20.1 Å². The molecule has 0 heterocycles. The van der Waals surface area contributed by atoms with Crippen LogP contribution in [0, 0.1) is 0 Å². The number of nitrogens with one attached hydrogen (secondary N) is 2. The fraction of sp³-hybridized carbons (Fsp3) is 0.238. The minimum Gasteiger partial charge on any atom is -0.497 e. The van der Waals surface area contributed by atoms with Gasteiger partial charge in [-0.25, -0.2) is 0 Å². The summed E-state index contributed by atoms with van der Waals surface area (Å²) >= 11 is 0. The summed E-state index contributed by atoms with van der Waals surface area (Å²) in [5.74, 6) is 0.685. The lowest BCUT2D eigenvalue weighted by atomic mass is 10.1. The van der Waals surface area contributed by atoms with E-state index in [-0.39, 0.29) is 18.4 Å². The Bertz CT molecular complexity index is 766. The fourth-order valence-electron chi connectivity index (χ4n) is 2.38. The van der Waals surface area contributed by atoms with Crippen LogP contribution in [0.5, 0.6) is 11.5 Å². The van der Waals surface area contributed by atoms with Gasteiger partial charge >= 0.3 is 0 Å².